The first-order valence-corrected chi connectivity index (χ1v) is 9.44. The summed E-state index contributed by atoms with van der Waals surface area (Å²) < 4.78 is 33.1. The van der Waals surface area contributed by atoms with Crippen molar-refractivity contribution in [3.05, 3.63) is 103 Å². The van der Waals surface area contributed by atoms with E-state index < -0.39 is 8.15 Å². The fraction of sp³-hybridized carbons (Fsp3) is 0. The summed E-state index contributed by atoms with van der Waals surface area (Å²) >= 11 is 0. The van der Waals surface area contributed by atoms with Gasteiger partial charge in [-0.15, -0.1) is 0 Å². The Morgan fingerprint density at radius 1 is 0.577 bits per heavy atom. The van der Waals surface area contributed by atoms with Gasteiger partial charge in [0.2, 0.25) is 0 Å². The van der Waals surface area contributed by atoms with Crippen LogP contribution in [0.25, 0.3) is 10.8 Å². The second kappa shape index (κ2) is 7.23. The van der Waals surface area contributed by atoms with Gasteiger partial charge in [-0.2, -0.15) is 0 Å². The Balaban J connectivity index is 1.79. The molecule has 0 N–H and O–H groups in total. The van der Waals surface area contributed by atoms with Gasteiger partial charge in [0, 0.05) is 16.0 Å². The lowest BCUT2D eigenvalue weighted by Crippen LogP contribution is -2.16. The first-order chi connectivity index (χ1) is 12.7. The molecule has 0 saturated carbocycles. The zero-order chi connectivity index (χ0) is 17.9. The van der Waals surface area contributed by atoms with Crippen molar-refractivity contribution in [2.24, 2.45) is 0 Å². The van der Waals surface area contributed by atoms with Crippen molar-refractivity contribution < 1.29 is 13.3 Å². The summed E-state index contributed by atoms with van der Waals surface area (Å²) in [6, 6.07) is 26.4. The number of hydrogen-bond acceptors (Lipinski definition) is 1. The summed E-state index contributed by atoms with van der Waals surface area (Å²) in [5.41, 5.74) is 0. The van der Waals surface area contributed by atoms with E-state index >= 15 is 0 Å². The lowest BCUT2D eigenvalue weighted by Gasteiger charge is -2.20. The molecule has 0 aliphatic rings. The van der Waals surface area contributed by atoms with Crippen LogP contribution < -0.4 is 15.1 Å². The molecule has 4 aromatic rings. The monoisotopic (exact) mass is 364 g/mol. The molecule has 0 atom stereocenters. The van der Waals surface area contributed by atoms with E-state index in [-0.39, 0.29) is 11.6 Å². The van der Waals surface area contributed by atoms with Crippen LogP contribution in [0.5, 0.6) is 5.75 Å². The van der Waals surface area contributed by atoms with Gasteiger partial charge >= 0.3 is 0 Å². The first-order valence-electron chi connectivity index (χ1n) is 8.18. The summed E-state index contributed by atoms with van der Waals surface area (Å²) in [5.74, 6) is 0.156. The Bertz CT molecular complexity index is 979. The molecule has 4 rings (SSSR count). The maximum absolute atomic E-state index is 13.4. The molecule has 26 heavy (non-hydrogen) atoms. The summed E-state index contributed by atoms with van der Waals surface area (Å²) in [6.45, 7) is 0. The largest absolute Gasteiger partial charge is 0.464 e. The molecule has 4 heteroatoms. The van der Waals surface area contributed by atoms with Crippen molar-refractivity contribution in [1.29, 1.82) is 0 Å². The summed E-state index contributed by atoms with van der Waals surface area (Å²) in [6.07, 6.45) is 0. The van der Waals surface area contributed by atoms with E-state index in [1.54, 1.807) is 24.3 Å². The Labute approximate surface area is 151 Å². The van der Waals surface area contributed by atoms with E-state index in [4.69, 9.17) is 4.52 Å². The molecule has 0 bridgehead atoms. The second-order valence-electron chi connectivity index (χ2n) is 5.82. The average Bonchev–Trinajstić information content (AvgIpc) is 2.68. The van der Waals surface area contributed by atoms with Crippen LogP contribution in [0.4, 0.5) is 8.78 Å². The number of benzene rings is 4. The molecule has 0 radical (unpaired) electrons. The van der Waals surface area contributed by atoms with E-state index in [2.05, 4.69) is 0 Å². The van der Waals surface area contributed by atoms with E-state index in [1.165, 1.54) is 24.3 Å². The summed E-state index contributed by atoms with van der Waals surface area (Å²) in [7, 11) is -1.26. The Morgan fingerprint density at radius 3 is 1.73 bits per heavy atom. The lowest BCUT2D eigenvalue weighted by atomic mass is 10.1. The summed E-state index contributed by atoms with van der Waals surface area (Å²) in [5, 5.41) is 3.81. The fourth-order valence-electron chi connectivity index (χ4n) is 2.78. The predicted molar refractivity (Wildman–Crippen MR) is 104 cm³/mol. The molecular weight excluding hydrogens is 349 g/mol. The molecule has 0 aliphatic carbocycles. The minimum Gasteiger partial charge on any atom is -0.464 e. The second-order valence-corrected chi connectivity index (χ2v) is 7.62. The minimum atomic E-state index is -1.26. The molecule has 0 spiro atoms. The maximum atomic E-state index is 13.4. The molecular formula is C22H15F2OP. The zero-order valence-electron chi connectivity index (χ0n) is 13.8. The maximum Gasteiger partial charge on any atom is 0.150 e. The highest BCUT2D eigenvalue weighted by Crippen LogP contribution is 2.39. The number of fused-ring (bicyclic) bond motifs is 1. The van der Waals surface area contributed by atoms with Crippen LogP contribution in [0.2, 0.25) is 0 Å². The zero-order valence-corrected chi connectivity index (χ0v) is 14.7. The van der Waals surface area contributed by atoms with Gasteiger partial charge in [0.25, 0.3) is 0 Å². The van der Waals surface area contributed by atoms with Crippen molar-refractivity contribution in [2.45, 2.75) is 0 Å². The highest BCUT2D eigenvalue weighted by Gasteiger charge is 2.18. The molecule has 0 heterocycles. The molecule has 0 aromatic heterocycles. The third kappa shape index (κ3) is 3.44. The van der Waals surface area contributed by atoms with E-state index in [9.17, 15) is 8.78 Å². The molecule has 128 valence electrons. The topological polar surface area (TPSA) is 9.23 Å². The van der Waals surface area contributed by atoms with Crippen molar-refractivity contribution in [3.8, 4) is 5.75 Å². The smallest absolute Gasteiger partial charge is 0.150 e. The van der Waals surface area contributed by atoms with Crippen molar-refractivity contribution in [3.63, 3.8) is 0 Å². The first kappa shape index (κ1) is 16.7. The Hall–Kier alpha value is -2.77. The quantitative estimate of drug-likeness (QED) is 0.432. The van der Waals surface area contributed by atoms with Gasteiger partial charge < -0.3 is 4.52 Å². The predicted octanol–water partition coefficient (Wildman–Crippen LogP) is 5.54. The van der Waals surface area contributed by atoms with E-state index in [1.807, 2.05) is 42.5 Å². The van der Waals surface area contributed by atoms with Crippen molar-refractivity contribution in [2.75, 3.05) is 0 Å². The molecule has 0 amide bonds. The highest BCUT2D eigenvalue weighted by atomic mass is 31.1. The molecule has 0 saturated heterocycles. The SMILES string of the molecule is Fc1ccc(P(Oc2cccc3ccccc23)c2ccc(F)cc2)cc1. The lowest BCUT2D eigenvalue weighted by molar-refractivity contribution is 0.626. The van der Waals surface area contributed by atoms with Crippen LogP contribution in [0.3, 0.4) is 0 Å². The van der Waals surface area contributed by atoms with Gasteiger partial charge in [-0.3, -0.25) is 0 Å². The van der Waals surface area contributed by atoms with Gasteiger partial charge in [0.05, 0.1) is 0 Å². The molecule has 1 nitrogen and oxygen atoms in total. The number of halogens is 2. The van der Waals surface area contributed by atoms with E-state index in [0.717, 1.165) is 27.1 Å². The van der Waals surface area contributed by atoms with Crippen LogP contribution in [-0.2, 0) is 0 Å². The molecule has 0 unspecified atom stereocenters. The van der Waals surface area contributed by atoms with Gasteiger partial charge in [0.15, 0.2) is 8.15 Å². The van der Waals surface area contributed by atoms with Gasteiger partial charge in [-0.05, 0) is 60.0 Å². The minimum absolute atomic E-state index is 0.298. The highest BCUT2D eigenvalue weighted by molar-refractivity contribution is 7.68. The number of hydrogen-bond donors (Lipinski definition) is 0. The van der Waals surface area contributed by atoms with Crippen LogP contribution in [0, 0.1) is 11.6 Å². The van der Waals surface area contributed by atoms with E-state index in [0.29, 0.717) is 0 Å². The van der Waals surface area contributed by atoms with Crippen LogP contribution >= 0.6 is 8.15 Å². The molecule has 0 fully saturated rings. The third-order valence-corrected chi connectivity index (χ3v) is 5.98. The van der Waals surface area contributed by atoms with Crippen LogP contribution in [-0.4, -0.2) is 0 Å². The Morgan fingerprint density at radius 2 is 1.12 bits per heavy atom. The van der Waals surface area contributed by atoms with Crippen LogP contribution in [0.1, 0.15) is 0 Å². The normalized spacial score (nSPS) is 11.0. The Kier molecular flexibility index (Phi) is 4.64. The standard InChI is InChI=1S/C22H15F2OP/c23-17-8-12-19(13-9-17)26(20-14-10-18(24)11-15-20)25-22-7-3-5-16-4-1-2-6-21(16)22/h1-15H. The summed E-state index contributed by atoms with van der Waals surface area (Å²) in [4.78, 5) is 0. The van der Waals surface area contributed by atoms with Crippen molar-refractivity contribution >= 4 is 29.5 Å². The third-order valence-electron chi connectivity index (χ3n) is 4.06. The van der Waals surface area contributed by atoms with Gasteiger partial charge in [0.1, 0.15) is 17.4 Å². The average molecular weight is 364 g/mol. The fourth-order valence-corrected chi connectivity index (χ4v) is 4.49. The van der Waals surface area contributed by atoms with Gasteiger partial charge in [-0.1, -0.05) is 36.4 Å². The molecule has 0 aliphatic heterocycles. The molecule has 4 aromatic carbocycles. The number of rotatable bonds is 4. The van der Waals surface area contributed by atoms with Gasteiger partial charge in [-0.25, -0.2) is 8.78 Å². The van der Waals surface area contributed by atoms with Crippen molar-refractivity contribution in [1.82, 2.24) is 0 Å². The van der Waals surface area contributed by atoms with Crippen LogP contribution in [0.15, 0.2) is 91.0 Å².